The Morgan fingerprint density at radius 3 is 2.67 bits per heavy atom. The topological polar surface area (TPSA) is 39.9 Å². The maximum atomic E-state index is 5.96. The van der Waals surface area contributed by atoms with Crippen LogP contribution in [0.25, 0.3) is 21.8 Å². The summed E-state index contributed by atoms with van der Waals surface area (Å²) in [6.07, 6.45) is 2.19. The van der Waals surface area contributed by atoms with Gasteiger partial charge >= 0.3 is 0 Å². The summed E-state index contributed by atoms with van der Waals surface area (Å²) in [6.45, 7) is 7.15. The zero-order chi connectivity index (χ0) is 14.8. The summed E-state index contributed by atoms with van der Waals surface area (Å²) in [4.78, 5) is 0. The van der Waals surface area contributed by atoms with Crippen molar-refractivity contribution in [1.82, 2.24) is 15.0 Å². The van der Waals surface area contributed by atoms with E-state index in [0.717, 1.165) is 47.0 Å². The molecule has 110 valence electrons. The largest absolute Gasteiger partial charge is 0.493 e. The number of benzene rings is 2. The molecule has 0 unspecified atom stereocenters. The minimum absolute atomic E-state index is 0.283. The summed E-state index contributed by atoms with van der Waals surface area (Å²) >= 11 is 0. The molecule has 0 amide bonds. The lowest BCUT2D eigenvalue weighted by Crippen LogP contribution is -2.03. The summed E-state index contributed by atoms with van der Waals surface area (Å²) in [6, 6.07) is 10.6. The molecule has 0 spiro atoms. The minimum Gasteiger partial charge on any atom is -0.493 e. The average Bonchev–Trinajstić information content (AvgIpc) is 2.92. The zero-order valence-electron chi connectivity index (χ0n) is 12.8. The second kappa shape index (κ2) is 5.72. The first kappa shape index (κ1) is 13.9. The van der Waals surface area contributed by atoms with E-state index in [4.69, 9.17) is 4.74 Å². The number of nitrogens with zero attached hydrogens (tertiary/aromatic N) is 3. The van der Waals surface area contributed by atoms with Gasteiger partial charge < -0.3 is 4.74 Å². The fraction of sp³-hybridized carbons (Fsp3) is 0.412. The van der Waals surface area contributed by atoms with Gasteiger partial charge in [0.2, 0.25) is 0 Å². The van der Waals surface area contributed by atoms with Gasteiger partial charge in [0.05, 0.1) is 12.1 Å². The molecule has 4 nitrogen and oxygen atoms in total. The zero-order valence-corrected chi connectivity index (χ0v) is 12.8. The van der Waals surface area contributed by atoms with Gasteiger partial charge in [0.15, 0.2) is 0 Å². The predicted molar refractivity (Wildman–Crippen MR) is 85.8 cm³/mol. The molecule has 0 saturated heterocycles. The van der Waals surface area contributed by atoms with E-state index < -0.39 is 0 Å². The van der Waals surface area contributed by atoms with Crippen LogP contribution in [0, 0.1) is 0 Å². The van der Waals surface area contributed by atoms with Crippen LogP contribution in [0.15, 0.2) is 30.3 Å². The first-order chi connectivity index (χ1) is 10.2. The van der Waals surface area contributed by atoms with E-state index in [1.807, 2.05) is 16.8 Å². The molecule has 1 aromatic heterocycles. The van der Waals surface area contributed by atoms with Crippen LogP contribution in [-0.2, 0) is 0 Å². The maximum Gasteiger partial charge on any atom is 0.129 e. The third-order valence-corrected chi connectivity index (χ3v) is 3.68. The van der Waals surface area contributed by atoms with Crippen molar-refractivity contribution in [2.45, 2.75) is 39.7 Å². The van der Waals surface area contributed by atoms with Crippen LogP contribution in [0.5, 0.6) is 5.75 Å². The molecular formula is C17H21N3O. The Bertz CT molecular complexity index is 761. The Morgan fingerprint density at radius 1 is 1.19 bits per heavy atom. The summed E-state index contributed by atoms with van der Waals surface area (Å²) < 4.78 is 7.94. The van der Waals surface area contributed by atoms with Crippen molar-refractivity contribution in [3.63, 3.8) is 0 Å². The lowest BCUT2D eigenvalue weighted by atomic mass is 10.1. The van der Waals surface area contributed by atoms with Crippen molar-refractivity contribution in [2.75, 3.05) is 6.61 Å². The second-order valence-corrected chi connectivity index (χ2v) is 5.62. The van der Waals surface area contributed by atoms with E-state index in [-0.39, 0.29) is 6.04 Å². The van der Waals surface area contributed by atoms with E-state index >= 15 is 0 Å². The van der Waals surface area contributed by atoms with Crippen LogP contribution >= 0.6 is 0 Å². The average molecular weight is 283 g/mol. The highest BCUT2D eigenvalue weighted by Crippen LogP contribution is 2.33. The molecule has 0 radical (unpaired) electrons. The minimum atomic E-state index is 0.283. The molecule has 0 N–H and O–H groups in total. The van der Waals surface area contributed by atoms with E-state index in [1.54, 1.807) is 0 Å². The third-order valence-electron chi connectivity index (χ3n) is 3.68. The van der Waals surface area contributed by atoms with Crippen molar-refractivity contribution < 1.29 is 4.74 Å². The molecule has 3 rings (SSSR count). The highest BCUT2D eigenvalue weighted by atomic mass is 16.5. The standard InChI is InChI=1S/C17H21N3O/c1-4-5-10-21-16-11-15-17(20(12(2)3)19-18-15)14-9-7-6-8-13(14)16/h6-9,11-12H,4-5,10H2,1-3H3. The Labute approximate surface area is 124 Å². The quantitative estimate of drug-likeness (QED) is 0.654. The molecule has 0 aliphatic heterocycles. The Morgan fingerprint density at radius 2 is 1.95 bits per heavy atom. The summed E-state index contributed by atoms with van der Waals surface area (Å²) in [5.41, 5.74) is 1.98. The first-order valence-electron chi connectivity index (χ1n) is 7.61. The van der Waals surface area contributed by atoms with Gasteiger partial charge in [-0.2, -0.15) is 0 Å². The molecule has 3 aromatic rings. The van der Waals surface area contributed by atoms with Crippen LogP contribution in [0.3, 0.4) is 0 Å². The van der Waals surface area contributed by atoms with Crippen LogP contribution in [0.1, 0.15) is 39.7 Å². The van der Waals surface area contributed by atoms with Crippen molar-refractivity contribution in [3.05, 3.63) is 30.3 Å². The van der Waals surface area contributed by atoms with E-state index in [1.165, 1.54) is 0 Å². The summed E-state index contributed by atoms with van der Waals surface area (Å²) in [7, 11) is 0. The van der Waals surface area contributed by atoms with Gasteiger partial charge in [-0.25, -0.2) is 4.68 Å². The van der Waals surface area contributed by atoms with Gasteiger partial charge in [0.1, 0.15) is 11.3 Å². The lowest BCUT2D eigenvalue weighted by Gasteiger charge is -2.12. The van der Waals surface area contributed by atoms with Gasteiger partial charge in [0, 0.05) is 22.9 Å². The van der Waals surface area contributed by atoms with Crippen molar-refractivity contribution in [2.24, 2.45) is 0 Å². The maximum absolute atomic E-state index is 5.96. The summed E-state index contributed by atoms with van der Waals surface area (Å²) in [5.74, 6) is 0.905. The van der Waals surface area contributed by atoms with Gasteiger partial charge in [-0.1, -0.05) is 42.8 Å². The molecule has 0 bridgehead atoms. The van der Waals surface area contributed by atoms with Crippen molar-refractivity contribution >= 4 is 21.8 Å². The molecule has 4 heteroatoms. The monoisotopic (exact) mass is 283 g/mol. The number of fused-ring (bicyclic) bond motifs is 3. The highest BCUT2D eigenvalue weighted by Gasteiger charge is 2.14. The number of rotatable bonds is 5. The number of unbranched alkanes of at least 4 members (excludes halogenated alkanes) is 1. The van der Waals surface area contributed by atoms with Gasteiger partial charge in [-0.3, -0.25) is 0 Å². The number of hydrogen-bond acceptors (Lipinski definition) is 3. The normalized spacial score (nSPS) is 11.6. The molecule has 21 heavy (non-hydrogen) atoms. The third kappa shape index (κ3) is 2.46. The molecule has 0 atom stereocenters. The SMILES string of the molecule is CCCCOc1cc2nnn(C(C)C)c2c2ccccc12. The molecule has 0 aliphatic carbocycles. The Kier molecular flexibility index (Phi) is 3.78. The molecule has 0 saturated carbocycles. The van der Waals surface area contributed by atoms with Gasteiger partial charge in [-0.15, -0.1) is 5.10 Å². The van der Waals surface area contributed by atoms with Gasteiger partial charge in [-0.05, 0) is 20.3 Å². The summed E-state index contributed by atoms with van der Waals surface area (Å²) in [5, 5.41) is 10.9. The molecule has 2 aromatic carbocycles. The first-order valence-corrected chi connectivity index (χ1v) is 7.61. The molecule has 1 heterocycles. The van der Waals surface area contributed by atoms with Crippen molar-refractivity contribution in [1.29, 1.82) is 0 Å². The lowest BCUT2D eigenvalue weighted by molar-refractivity contribution is 0.313. The Hall–Kier alpha value is -2.10. The van der Waals surface area contributed by atoms with Crippen LogP contribution in [-0.4, -0.2) is 21.6 Å². The Balaban J connectivity index is 2.20. The number of aromatic nitrogens is 3. The van der Waals surface area contributed by atoms with Crippen molar-refractivity contribution in [3.8, 4) is 5.75 Å². The van der Waals surface area contributed by atoms with Gasteiger partial charge in [0.25, 0.3) is 0 Å². The van der Waals surface area contributed by atoms with E-state index in [2.05, 4.69) is 49.3 Å². The molecular weight excluding hydrogens is 262 g/mol. The van der Waals surface area contributed by atoms with E-state index in [9.17, 15) is 0 Å². The fourth-order valence-electron chi connectivity index (χ4n) is 2.58. The van der Waals surface area contributed by atoms with Crippen LogP contribution in [0.4, 0.5) is 0 Å². The molecule has 0 fully saturated rings. The van der Waals surface area contributed by atoms with Crippen LogP contribution < -0.4 is 4.74 Å². The highest BCUT2D eigenvalue weighted by molar-refractivity contribution is 6.07. The predicted octanol–water partition coefficient (Wildman–Crippen LogP) is 4.34. The number of ether oxygens (including phenoxy) is 1. The molecule has 0 aliphatic rings. The number of hydrogen-bond donors (Lipinski definition) is 0. The van der Waals surface area contributed by atoms with Crippen LogP contribution in [0.2, 0.25) is 0 Å². The second-order valence-electron chi connectivity index (χ2n) is 5.62. The fourth-order valence-corrected chi connectivity index (χ4v) is 2.58. The smallest absolute Gasteiger partial charge is 0.129 e. The van der Waals surface area contributed by atoms with E-state index in [0.29, 0.717) is 0 Å².